The van der Waals surface area contributed by atoms with Crippen molar-refractivity contribution in [1.82, 2.24) is 0 Å². The maximum Gasteiger partial charge on any atom is 0.0875 e. The molecular weight excluding hydrogens is 304 g/mol. The van der Waals surface area contributed by atoms with E-state index in [2.05, 4.69) is 97.0 Å². The summed E-state index contributed by atoms with van der Waals surface area (Å²) in [6.07, 6.45) is 1.04. The van der Waals surface area contributed by atoms with E-state index < -0.39 is 0 Å². The second kappa shape index (κ2) is 7.74. The lowest BCUT2D eigenvalue weighted by molar-refractivity contribution is -0.0212. The van der Waals surface area contributed by atoms with Crippen LogP contribution in [0.1, 0.15) is 83.1 Å². The van der Waals surface area contributed by atoms with E-state index in [-0.39, 0.29) is 11.0 Å². The molecule has 0 saturated carbocycles. The smallest absolute Gasteiger partial charge is 0.0875 e. The van der Waals surface area contributed by atoms with Gasteiger partial charge >= 0.3 is 0 Å². The fourth-order valence-electron chi connectivity index (χ4n) is 3.18. The molecule has 0 aliphatic heterocycles. The molecular formula is C24H34O. The van der Waals surface area contributed by atoms with Crippen LogP contribution in [-0.2, 0) is 15.8 Å². The lowest BCUT2D eigenvalue weighted by Gasteiger charge is -2.29. The van der Waals surface area contributed by atoms with Gasteiger partial charge in [0, 0.05) is 12.0 Å². The van der Waals surface area contributed by atoms with Crippen LogP contribution in [-0.4, -0.2) is 6.61 Å². The van der Waals surface area contributed by atoms with Crippen LogP contribution in [0.3, 0.4) is 0 Å². The van der Waals surface area contributed by atoms with E-state index in [1.807, 2.05) is 0 Å². The molecule has 0 atom stereocenters. The molecule has 1 nitrogen and oxygen atoms in total. The highest BCUT2D eigenvalue weighted by atomic mass is 16.5. The zero-order valence-electron chi connectivity index (χ0n) is 17.0. The summed E-state index contributed by atoms with van der Waals surface area (Å²) < 4.78 is 6.01. The third kappa shape index (κ3) is 4.52. The van der Waals surface area contributed by atoms with Gasteiger partial charge in [-0.1, -0.05) is 83.1 Å². The highest BCUT2D eigenvalue weighted by Crippen LogP contribution is 2.34. The van der Waals surface area contributed by atoms with Crippen molar-refractivity contribution in [3.8, 4) is 0 Å². The topological polar surface area (TPSA) is 9.23 Å². The summed E-state index contributed by atoms with van der Waals surface area (Å²) in [5, 5.41) is 0. The van der Waals surface area contributed by atoms with Crippen LogP contribution in [0.5, 0.6) is 0 Å². The molecule has 2 aromatic carbocycles. The molecule has 0 aliphatic rings. The van der Waals surface area contributed by atoms with Crippen molar-refractivity contribution in [2.45, 2.75) is 71.8 Å². The van der Waals surface area contributed by atoms with Gasteiger partial charge in [-0.25, -0.2) is 0 Å². The van der Waals surface area contributed by atoms with E-state index in [9.17, 15) is 0 Å². The van der Waals surface area contributed by atoms with Crippen LogP contribution >= 0.6 is 0 Å². The Morgan fingerprint density at radius 2 is 1.20 bits per heavy atom. The van der Waals surface area contributed by atoms with Crippen molar-refractivity contribution in [3.05, 3.63) is 70.8 Å². The van der Waals surface area contributed by atoms with Crippen molar-refractivity contribution >= 4 is 0 Å². The van der Waals surface area contributed by atoms with E-state index in [1.165, 1.54) is 22.3 Å². The molecule has 136 valence electrons. The van der Waals surface area contributed by atoms with Crippen LogP contribution in [0.2, 0.25) is 0 Å². The first-order chi connectivity index (χ1) is 11.7. The van der Waals surface area contributed by atoms with Gasteiger partial charge in [-0.15, -0.1) is 0 Å². The summed E-state index contributed by atoms with van der Waals surface area (Å²) in [5.74, 6) is 0.571. The lowest BCUT2D eigenvalue weighted by Crippen LogP contribution is -2.23. The summed E-state index contributed by atoms with van der Waals surface area (Å²) >= 11 is 0. The highest BCUT2D eigenvalue weighted by Gasteiger charge is 2.25. The third-order valence-corrected chi connectivity index (χ3v) is 5.27. The minimum atomic E-state index is -0.238. The van der Waals surface area contributed by atoms with Crippen LogP contribution in [0.25, 0.3) is 0 Å². The summed E-state index contributed by atoms with van der Waals surface area (Å²) in [5.41, 5.74) is 5.06. The molecule has 2 rings (SSSR count). The van der Waals surface area contributed by atoms with Gasteiger partial charge in [0.15, 0.2) is 0 Å². The van der Waals surface area contributed by atoms with Gasteiger partial charge in [-0.3, -0.25) is 0 Å². The molecule has 0 aromatic heterocycles. The average molecular weight is 339 g/mol. The van der Waals surface area contributed by atoms with Gasteiger partial charge in [0.05, 0.1) is 5.60 Å². The molecule has 0 aliphatic carbocycles. The van der Waals surface area contributed by atoms with E-state index in [0.29, 0.717) is 5.92 Å². The van der Waals surface area contributed by atoms with Crippen molar-refractivity contribution in [1.29, 1.82) is 0 Å². The van der Waals surface area contributed by atoms with Crippen molar-refractivity contribution in [2.24, 2.45) is 0 Å². The van der Waals surface area contributed by atoms with Gasteiger partial charge in [-0.05, 0) is 48.4 Å². The second-order valence-electron chi connectivity index (χ2n) is 8.34. The summed E-state index contributed by atoms with van der Waals surface area (Å²) in [6, 6.07) is 18.0. The number of benzene rings is 2. The van der Waals surface area contributed by atoms with E-state index >= 15 is 0 Å². The minimum Gasteiger partial charge on any atom is -0.371 e. The lowest BCUT2D eigenvalue weighted by atomic mass is 9.77. The van der Waals surface area contributed by atoms with E-state index in [1.54, 1.807) is 0 Å². The molecule has 0 unspecified atom stereocenters. The first-order valence-corrected chi connectivity index (χ1v) is 9.54. The van der Waals surface area contributed by atoms with Crippen molar-refractivity contribution in [2.75, 3.05) is 6.61 Å². The molecule has 0 heterocycles. The van der Waals surface area contributed by atoms with Crippen LogP contribution in [0.15, 0.2) is 48.5 Å². The minimum absolute atomic E-state index is 0.0115. The quantitative estimate of drug-likeness (QED) is 0.539. The van der Waals surface area contributed by atoms with Crippen LogP contribution < -0.4 is 0 Å². The second-order valence-corrected chi connectivity index (χ2v) is 8.34. The zero-order chi connectivity index (χ0) is 18.7. The van der Waals surface area contributed by atoms with Crippen molar-refractivity contribution < 1.29 is 4.74 Å². The van der Waals surface area contributed by atoms with Gasteiger partial charge in [-0.2, -0.15) is 0 Å². The number of hydrogen-bond donors (Lipinski definition) is 0. The Morgan fingerprint density at radius 1 is 0.760 bits per heavy atom. The third-order valence-electron chi connectivity index (χ3n) is 5.27. The summed E-state index contributed by atoms with van der Waals surface area (Å²) in [4.78, 5) is 0. The predicted octanol–water partition coefficient (Wildman–Crippen LogP) is 6.80. The molecule has 1 heteroatoms. The normalized spacial score (nSPS) is 12.6. The Hall–Kier alpha value is -1.60. The zero-order valence-corrected chi connectivity index (χ0v) is 17.0. The molecule has 0 N–H and O–H groups in total. The Kier molecular flexibility index (Phi) is 6.11. The average Bonchev–Trinajstić information content (AvgIpc) is 2.60. The standard InChI is InChI=1S/C24H34O/c1-8-17-25-24(6,7)22-15-13-21(14-16-22)23(4,5)20-11-9-19(10-12-20)18(2)3/h9-16,18H,8,17H2,1-7H3. The number of hydrogen-bond acceptors (Lipinski definition) is 1. The predicted molar refractivity (Wildman–Crippen MR) is 108 cm³/mol. The SMILES string of the molecule is CCCOC(C)(C)c1ccc(C(C)(C)c2ccc(C(C)C)cc2)cc1. The monoisotopic (exact) mass is 338 g/mol. The molecule has 0 saturated heterocycles. The highest BCUT2D eigenvalue weighted by molar-refractivity contribution is 5.40. The van der Waals surface area contributed by atoms with Crippen molar-refractivity contribution in [3.63, 3.8) is 0 Å². The maximum absolute atomic E-state index is 6.01. The maximum atomic E-state index is 6.01. The Morgan fingerprint density at radius 3 is 1.64 bits per heavy atom. The first kappa shape index (κ1) is 19.7. The molecule has 25 heavy (non-hydrogen) atoms. The number of ether oxygens (including phenoxy) is 1. The van der Waals surface area contributed by atoms with E-state index in [0.717, 1.165) is 13.0 Å². The molecule has 0 amide bonds. The van der Waals surface area contributed by atoms with Gasteiger partial charge in [0.1, 0.15) is 0 Å². The van der Waals surface area contributed by atoms with Crippen LogP contribution in [0, 0.1) is 0 Å². The fraction of sp³-hybridized carbons (Fsp3) is 0.500. The molecule has 0 fully saturated rings. The Bertz CT molecular complexity index is 660. The first-order valence-electron chi connectivity index (χ1n) is 9.54. The van der Waals surface area contributed by atoms with E-state index in [4.69, 9.17) is 4.74 Å². The fourth-order valence-corrected chi connectivity index (χ4v) is 3.18. The molecule has 0 bridgehead atoms. The largest absolute Gasteiger partial charge is 0.371 e. The van der Waals surface area contributed by atoms with Gasteiger partial charge < -0.3 is 4.74 Å². The Labute approximate surface area is 154 Å². The molecule has 0 radical (unpaired) electrons. The Balaban J connectivity index is 2.25. The van der Waals surface area contributed by atoms with Gasteiger partial charge in [0.2, 0.25) is 0 Å². The van der Waals surface area contributed by atoms with Crippen LogP contribution in [0.4, 0.5) is 0 Å². The molecule has 0 spiro atoms. The number of rotatable bonds is 7. The van der Waals surface area contributed by atoms with Gasteiger partial charge in [0.25, 0.3) is 0 Å². The molecule has 2 aromatic rings. The summed E-state index contributed by atoms with van der Waals surface area (Å²) in [7, 11) is 0. The summed E-state index contributed by atoms with van der Waals surface area (Å²) in [6.45, 7) is 16.3.